The van der Waals surface area contributed by atoms with E-state index in [1.807, 2.05) is 13.8 Å². The van der Waals surface area contributed by atoms with E-state index in [1.165, 1.54) is 6.08 Å². The van der Waals surface area contributed by atoms with Crippen molar-refractivity contribution in [2.75, 3.05) is 6.61 Å². The molecule has 0 aliphatic heterocycles. The van der Waals surface area contributed by atoms with Crippen LogP contribution in [0.3, 0.4) is 0 Å². The van der Waals surface area contributed by atoms with Crippen LogP contribution in [0.5, 0.6) is 0 Å². The summed E-state index contributed by atoms with van der Waals surface area (Å²) < 4.78 is 15.6. The molecule has 0 aromatic rings. The summed E-state index contributed by atoms with van der Waals surface area (Å²) in [6.45, 7) is 5.93. The van der Waals surface area contributed by atoms with E-state index in [0.29, 0.717) is 13.0 Å². The van der Waals surface area contributed by atoms with Crippen LogP contribution >= 0.6 is 34.8 Å². The summed E-state index contributed by atoms with van der Waals surface area (Å²) in [5.74, 6) is -0.485. The van der Waals surface area contributed by atoms with Gasteiger partial charge in [-0.25, -0.2) is 4.39 Å². The number of hydrogen-bond donors (Lipinski definition) is 0. The van der Waals surface area contributed by atoms with E-state index >= 15 is 0 Å². The Balaban J connectivity index is 2.73. The summed E-state index contributed by atoms with van der Waals surface area (Å²) in [4.78, 5) is 11.7. The molecule has 1 rings (SSSR count). The van der Waals surface area contributed by atoms with Crippen LogP contribution in [0.1, 0.15) is 27.2 Å². The van der Waals surface area contributed by atoms with Crippen molar-refractivity contribution >= 4 is 40.8 Å². The third kappa shape index (κ3) is 3.31. The third-order valence-electron chi connectivity index (χ3n) is 3.53. The van der Waals surface area contributed by atoms with Crippen molar-refractivity contribution in [3.8, 4) is 0 Å². The highest BCUT2D eigenvalue weighted by Crippen LogP contribution is 2.53. The van der Waals surface area contributed by atoms with Gasteiger partial charge in [0.2, 0.25) is 0 Å². The molecule has 1 aliphatic rings. The highest BCUT2D eigenvalue weighted by Gasteiger charge is 2.52. The van der Waals surface area contributed by atoms with Crippen LogP contribution in [0, 0.1) is 17.3 Å². The second-order valence-electron chi connectivity index (χ2n) is 4.98. The number of esters is 1. The lowest BCUT2D eigenvalue weighted by Gasteiger charge is -2.49. The molecule has 18 heavy (non-hydrogen) atoms. The zero-order valence-corrected chi connectivity index (χ0v) is 12.7. The largest absolute Gasteiger partial charge is 0.466 e. The minimum Gasteiger partial charge on any atom is -0.466 e. The Morgan fingerprint density at radius 3 is 2.50 bits per heavy atom. The summed E-state index contributed by atoms with van der Waals surface area (Å²) in [6.07, 6.45) is 2.04. The van der Waals surface area contributed by atoms with E-state index in [-0.39, 0.29) is 28.3 Å². The Bertz CT molecular complexity index is 361. The van der Waals surface area contributed by atoms with Crippen LogP contribution in [-0.2, 0) is 9.53 Å². The molecular weight excluding hydrogens is 301 g/mol. The fraction of sp³-hybridized carbons (Fsp3) is 0.750. The predicted molar refractivity (Wildman–Crippen MR) is 71.5 cm³/mol. The minimum atomic E-state index is -2.58. The Morgan fingerprint density at radius 2 is 2.11 bits per heavy atom. The Kier molecular flexibility index (Phi) is 4.96. The molecule has 0 heterocycles. The average Bonchev–Trinajstić information content (AvgIpc) is 2.21. The molecule has 2 atom stereocenters. The lowest BCUT2D eigenvalue weighted by Crippen LogP contribution is -2.48. The van der Waals surface area contributed by atoms with Gasteiger partial charge in [0.05, 0.1) is 17.6 Å². The number of alkyl halides is 3. The van der Waals surface area contributed by atoms with E-state index < -0.39 is 4.59 Å². The van der Waals surface area contributed by atoms with Gasteiger partial charge in [-0.1, -0.05) is 54.7 Å². The third-order valence-corrected chi connectivity index (χ3v) is 4.52. The first-order chi connectivity index (χ1) is 8.10. The molecule has 0 N–H and O–H groups in total. The van der Waals surface area contributed by atoms with Crippen molar-refractivity contribution in [2.24, 2.45) is 17.3 Å². The van der Waals surface area contributed by atoms with E-state index in [1.54, 1.807) is 6.92 Å². The first-order valence-electron chi connectivity index (χ1n) is 5.71. The smallest absolute Gasteiger partial charge is 0.309 e. The standard InChI is InChI=1S/C12H16Cl3FO2/c1-4-18-10(17)8-5-7(11(8,2)3)6-9(13)12(14,15)16/h6-8H,4-5H2,1-3H3. The number of carbonyl (C=O) groups excluding carboxylic acids is 1. The maximum Gasteiger partial charge on any atom is 0.309 e. The monoisotopic (exact) mass is 316 g/mol. The Hall–Kier alpha value is 0.01000. The van der Waals surface area contributed by atoms with Gasteiger partial charge >= 0.3 is 5.97 Å². The van der Waals surface area contributed by atoms with Crippen molar-refractivity contribution in [1.29, 1.82) is 0 Å². The molecule has 0 amide bonds. The minimum absolute atomic E-state index is 0.0490. The first kappa shape index (κ1) is 16.1. The average molecular weight is 318 g/mol. The topological polar surface area (TPSA) is 26.3 Å². The van der Waals surface area contributed by atoms with Gasteiger partial charge in [0, 0.05) is 0 Å². The van der Waals surface area contributed by atoms with Gasteiger partial charge in [0.25, 0.3) is 4.59 Å². The van der Waals surface area contributed by atoms with Gasteiger partial charge in [-0.3, -0.25) is 4.79 Å². The number of halogens is 4. The van der Waals surface area contributed by atoms with Gasteiger partial charge in [-0.05, 0) is 24.7 Å². The van der Waals surface area contributed by atoms with Crippen LogP contribution in [0.4, 0.5) is 4.39 Å². The second-order valence-corrected chi connectivity index (χ2v) is 6.62. The van der Waals surface area contributed by atoms with Crippen LogP contribution in [0.25, 0.3) is 0 Å². The summed E-state index contributed by atoms with van der Waals surface area (Å²) >= 11 is 16.2. The molecular formula is C12H16Cl3FO2. The summed E-state index contributed by atoms with van der Waals surface area (Å²) in [6, 6.07) is 0. The number of allylic oxidation sites excluding steroid dienone is 2. The molecule has 0 spiro atoms. The van der Waals surface area contributed by atoms with Gasteiger partial charge in [-0.15, -0.1) is 0 Å². The fourth-order valence-electron chi connectivity index (χ4n) is 2.16. The fourth-order valence-corrected chi connectivity index (χ4v) is 2.43. The van der Waals surface area contributed by atoms with Gasteiger partial charge in [-0.2, -0.15) is 0 Å². The molecule has 0 radical (unpaired) electrons. The summed E-state index contributed by atoms with van der Waals surface area (Å²) in [5.41, 5.74) is -0.342. The molecule has 1 aliphatic carbocycles. The van der Waals surface area contributed by atoms with Crippen LogP contribution in [0.15, 0.2) is 11.1 Å². The zero-order chi connectivity index (χ0) is 14.1. The highest BCUT2D eigenvalue weighted by molar-refractivity contribution is 6.54. The molecule has 1 saturated carbocycles. The van der Waals surface area contributed by atoms with Crippen molar-refractivity contribution in [2.45, 2.75) is 31.8 Å². The summed E-state index contributed by atoms with van der Waals surface area (Å²) in [5, 5.41) is -0.258. The van der Waals surface area contributed by atoms with E-state index in [4.69, 9.17) is 39.5 Å². The van der Waals surface area contributed by atoms with Crippen molar-refractivity contribution < 1.29 is 13.9 Å². The van der Waals surface area contributed by atoms with E-state index in [2.05, 4.69) is 0 Å². The number of ether oxygens (including phenoxy) is 1. The molecule has 0 saturated heterocycles. The lowest BCUT2D eigenvalue weighted by molar-refractivity contribution is -0.162. The van der Waals surface area contributed by atoms with Gasteiger partial charge in [0.1, 0.15) is 0 Å². The maximum absolute atomic E-state index is 13.2. The van der Waals surface area contributed by atoms with Gasteiger partial charge in [0.15, 0.2) is 0 Å². The lowest BCUT2D eigenvalue weighted by atomic mass is 9.54. The zero-order valence-electron chi connectivity index (χ0n) is 10.5. The number of carbonyl (C=O) groups is 1. The molecule has 104 valence electrons. The quantitative estimate of drug-likeness (QED) is 0.566. The van der Waals surface area contributed by atoms with Crippen molar-refractivity contribution in [3.63, 3.8) is 0 Å². The SMILES string of the molecule is CCOC(=O)C1CC(C=C(Cl)C(F)(Cl)Cl)C1(C)C. The van der Waals surface area contributed by atoms with Crippen LogP contribution in [0.2, 0.25) is 0 Å². The number of hydrogen-bond acceptors (Lipinski definition) is 2. The Labute approximate surface area is 121 Å². The molecule has 0 bridgehead atoms. The predicted octanol–water partition coefficient (Wildman–Crippen LogP) is 4.44. The second kappa shape index (κ2) is 5.56. The van der Waals surface area contributed by atoms with Crippen molar-refractivity contribution in [1.82, 2.24) is 0 Å². The molecule has 6 heteroatoms. The normalized spacial score (nSPS) is 27.6. The summed E-state index contributed by atoms with van der Waals surface area (Å²) in [7, 11) is 0. The van der Waals surface area contributed by atoms with Crippen molar-refractivity contribution in [3.05, 3.63) is 11.1 Å². The van der Waals surface area contributed by atoms with Gasteiger partial charge < -0.3 is 4.74 Å². The highest BCUT2D eigenvalue weighted by atomic mass is 35.5. The Morgan fingerprint density at radius 1 is 1.56 bits per heavy atom. The molecule has 2 nitrogen and oxygen atoms in total. The molecule has 0 aromatic carbocycles. The van der Waals surface area contributed by atoms with E-state index in [9.17, 15) is 9.18 Å². The molecule has 1 fully saturated rings. The molecule has 2 unspecified atom stereocenters. The number of rotatable bonds is 4. The van der Waals surface area contributed by atoms with Crippen LogP contribution in [-0.4, -0.2) is 17.2 Å². The van der Waals surface area contributed by atoms with Crippen LogP contribution < -0.4 is 0 Å². The first-order valence-corrected chi connectivity index (χ1v) is 6.85. The van der Waals surface area contributed by atoms with E-state index in [0.717, 1.165) is 0 Å². The molecule has 0 aromatic heterocycles. The maximum atomic E-state index is 13.2.